The van der Waals surface area contributed by atoms with Crippen molar-refractivity contribution in [2.45, 2.75) is 6.42 Å². The number of aromatic amines is 2. The van der Waals surface area contributed by atoms with Crippen LogP contribution in [0.2, 0.25) is 0 Å². The van der Waals surface area contributed by atoms with Gasteiger partial charge in [0.05, 0.1) is 12.1 Å². The third kappa shape index (κ3) is 3.09. The van der Waals surface area contributed by atoms with E-state index in [1.807, 2.05) is 35.8 Å². The van der Waals surface area contributed by atoms with Crippen LogP contribution < -0.4 is 11.1 Å². The van der Waals surface area contributed by atoms with E-state index in [2.05, 4.69) is 20.3 Å². The van der Waals surface area contributed by atoms with Crippen LogP contribution in [0.1, 0.15) is 16.1 Å². The molecule has 8 heteroatoms. The first-order chi connectivity index (χ1) is 12.6. The number of aromatic nitrogens is 3. The third-order valence-corrected chi connectivity index (χ3v) is 4.78. The van der Waals surface area contributed by atoms with Crippen LogP contribution in [0.4, 0.5) is 5.13 Å². The van der Waals surface area contributed by atoms with Crippen LogP contribution in [0.3, 0.4) is 0 Å². The van der Waals surface area contributed by atoms with E-state index in [4.69, 9.17) is 5.73 Å². The average molecular weight is 365 g/mol. The first-order valence-electron chi connectivity index (χ1n) is 7.89. The third-order valence-electron chi connectivity index (χ3n) is 4.02. The van der Waals surface area contributed by atoms with E-state index in [9.17, 15) is 9.59 Å². The number of carbonyl (C=O) groups excluding carboxylic acids is 2. The Morgan fingerprint density at radius 3 is 2.85 bits per heavy atom. The minimum absolute atomic E-state index is 0.137. The van der Waals surface area contributed by atoms with Gasteiger partial charge in [-0.1, -0.05) is 18.2 Å². The number of hydrogen-bond donors (Lipinski definition) is 4. The molecule has 0 unspecified atom stereocenters. The minimum Gasteiger partial charge on any atom is -0.364 e. The molecular weight excluding hydrogens is 350 g/mol. The minimum atomic E-state index is -0.529. The molecule has 130 valence electrons. The number of carbonyl (C=O) groups is 2. The standard InChI is InChI=1S/C18H15N5O2S/c19-17(25)14-5-11(8-21-14)15-9-26-18(22-15)23-16(24)6-10-7-20-13-4-2-1-3-12(10)13/h1-5,7-9,20-21H,6H2,(H2,19,25)(H,22,23,24). The molecule has 0 bridgehead atoms. The lowest BCUT2D eigenvalue weighted by atomic mass is 10.1. The summed E-state index contributed by atoms with van der Waals surface area (Å²) in [7, 11) is 0. The maximum absolute atomic E-state index is 12.3. The molecule has 7 nitrogen and oxygen atoms in total. The Morgan fingerprint density at radius 2 is 2.04 bits per heavy atom. The number of amides is 2. The lowest BCUT2D eigenvalue weighted by Crippen LogP contribution is -2.14. The zero-order valence-electron chi connectivity index (χ0n) is 13.6. The Bertz CT molecular complexity index is 1110. The second-order valence-electron chi connectivity index (χ2n) is 5.79. The van der Waals surface area contributed by atoms with Crippen molar-refractivity contribution >= 4 is 39.2 Å². The van der Waals surface area contributed by atoms with E-state index in [-0.39, 0.29) is 12.3 Å². The Morgan fingerprint density at radius 1 is 1.19 bits per heavy atom. The summed E-state index contributed by atoms with van der Waals surface area (Å²) in [5.74, 6) is -0.665. The molecule has 3 heterocycles. The zero-order valence-corrected chi connectivity index (χ0v) is 14.4. The van der Waals surface area contributed by atoms with Gasteiger partial charge in [-0.3, -0.25) is 9.59 Å². The van der Waals surface area contributed by atoms with E-state index in [0.29, 0.717) is 16.5 Å². The summed E-state index contributed by atoms with van der Waals surface area (Å²) < 4.78 is 0. The Hall–Kier alpha value is -3.39. The smallest absolute Gasteiger partial charge is 0.265 e. The molecule has 0 aliphatic rings. The molecule has 0 saturated carbocycles. The molecule has 3 aromatic heterocycles. The summed E-state index contributed by atoms with van der Waals surface area (Å²) in [6.45, 7) is 0. The molecule has 0 radical (unpaired) electrons. The van der Waals surface area contributed by atoms with Gasteiger partial charge in [-0.15, -0.1) is 11.3 Å². The maximum Gasteiger partial charge on any atom is 0.265 e. The van der Waals surface area contributed by atoms with Crippen molar-refractivity contribution in [3.63, 3.8) is 0 Å². The van der Waals surface area contributed by atoms with Crippen molar-refractivity contribution in [3.8, 4) is 11.3 Å². The van der Waals surface area contributed by atoms with E-state index in [1.54, 1.807) is 12.3 Å². The second-order valence-corrected chi connectivity index (χ2v) is 6.65. The van der Waals surface area contributed by atoms with Crippen LogP contribution >= 0.6 is 11.3 Å². The fraction of sp³-hybridized carbons (Fsp3) is 0.0556. The fourth-order valence-corrected chi connectivity index (χ4v) is 3.50. The first kappa shape index (κ1) is 16.1. The number of benzene rings is 1. The quantitative estimate of drug-likeness (QED) is 0.435. The molecule has 4 rings (SSSR count). The normalized spacial score (nSPS) is 10.9. The molecule has 0 aliphatic heterocycles. The molecule has 0 fully saturated rings. The van der Waals surface area contributed by atoms with Gasteiger partial charge in [0, 0.05) is 34.2 Å². The van der Waals surface area contributed by atoms with Crippen molar-refractivity contribution in [1.82, 2.24) is 15.0 Å². The van der Waals surface area contributed by atoms with Crippen molar-refractivity contribution in [2.24, 2.45) is 5.73 Å². The summed E-state index contributed by atoms with van der Waals surface area (Å²) >= 11 is 1.33. The van der Waals surface area contributed by atoms with E-state index >= 15 is 0 Å². The van der Waals surface area contributed by atoms with Crippen molar-refractivity contribution in [2.75, 3.05) is 5.32 Å². The average Bonchev–Trinajstić information content (AvgIpc) is 3.34. The highest BCUT2D eigenvalue weighted by atomic mass is 32.1. The lowest BCUT2D eigenvalue weighted by Gasteiger charge is -2.01. The highest BCUT2D eigenvalue weighted by molar-refractivity contribution is 7.14. The molecule has 0 aliphatic carbocycles. The van der Waals surface area contributed by atoms with Gasteiger partial charge in [-0.05, 0) is 17.7 Å². The maximum atomic E-state index is 12.3. The summed E-state index contributed by atoms with van der Waals surface area (Å²) in [5, 5.41) is 6.17. The van der Waals surface area contributed by atoms with Gasteiger partial charge in [0.25, 0.3) is 5.91 Å². The Balaban J connectivity index is 1.46. The first-order valence-corrected chi connectivity index (χ1v) is 8.77. The Kier molecular flexibility index (Phi) is 4.02. The summed E-state index contributed by atoms with van der Waals surface area (Å²) in [6, 6.07) is 9.49. The molecule has 1 aromatic carbocycles. The van der Waals surface area contributed by atoms with Crippen LogP contribution in [0, 0.1) is 0 Å². The van der Waals surface area contributed by atoms with Crippen molar-refractivity contribution < 1.29 is 9.59 Å². The predicted molar refractivity (Wildman–Crippen MR) is 101 cm³/mol. The molecule has 2 amide bonds. The molecule has 0 saturated heterocycles. The number of thiazole rings is 1. The summed E-state index contributed by atoms with van der Waals surface area (Å²) in [5.41, 5.74) is 8.90. The molecule has 4 aromatic rings. The van der Waals surface area contributed by atoms with Crippen LogP contribution in [-0.4, -0.2) is 26.8 Å². The van der Waals surface area contributed by atoms with Gasteiger partial charge >= 0.3 is 0 Å². The Labute approximate surface area is 152 Å². The van der Waals surface area contributed by atoms with Crippen molar-refractivity contribution in [3.05, 3.63) is 59.4 Å². The molecule has 0 spiro atoms. The van der Waals surface area contributed by atoms with Gasteiger partial charge < -0.3 is 21.0 Å². The van der Waals surface area contributed by atoms with Gasteiger partial charge in [-0.25, -0.2) is 4.98 Å². The van der Waals surface area contributed by atoms with Crippen LogP contribution in [0.25, 0.3) is 22.2 Å². The highest BCUT2D eigenvalue weighted by Crippen LogP contribution is 2.26. The SMILES string of the molecule is NC(=O)c1cc(-c2csc(NC(=O)Cc3c[nH]c4ccccc34)n2)c[nH]1. The number of H-pyrrole nitrogens is 2. The van der Waals surface area contributed by atoms with Crippen LogP contribution in [0.5, 0.6) is 0 Å². The molecule has 26 heavy (non-hydrogen) atoms. The van der Waals surface area contributed by atoms with E-state index in [0.717, 1.165) is 22.0 Å². The number of primary amides is 1. The number of nitrogens with zero attached hydrogens (tertiary/aromatic N) is 1. The van der Waals surface area contributed by atoms with Gasteiger partial charge in [0.2, 0.25) is 5.91 Å². The molecule has 5 N–H and O–H groups in total. The van der Waals surface area contributed by atoms with E-state index < -0.39 is 5.91 Å². The largest absolute Gasteiger partial charge is 0.364 e. The number of fused-ring (bicyclic) bond motifs is 1. The number of rotatable bonds is 5. The van der Waals surface area contributed by atoms with Gasteiger partial charge in [0.15, 0.2) is 5.13 Å². The van der Waals surface area contributed by atoms with Crippen LogP contribution in [0.15, 0.2) is 48.1 Å². The van der Waals surface area contributed by atoms with Gasteiger partial charge in [-0.2, -0.15) is 0 Å². The lowest BCUT2D eigenvalue weighted by molar-refractivity contribution is -0.115. The van der Waals surface area contributed by atoms with E-state index in [1.165, 1.54) is 11.3 Å². The molecule has 0 atom stereocenters. The topological polar surface area (TPSA) is 117 Å². The number of hydrogen-bond acceptors (Lipinski definition) is 4. The monoisotopic (exact) mass is 365 g/mol. The number of anilines is 1. The molecular formula is C18H15N5O2S. The zero-order chi connectivity index (χ0) is 18.1. The predicted octanol–water partition coefficient (Wildman–Crippen LogP) is 2.90. The highest BCUT2D eigenvalue weighted by Gasteiger charge is 2.13. The van der Waals surface area contributed by atoms with Crippen molar-refractivity contribution in [1.29, 1.82) is 0 Å². The number of nitrogens with one attached hydrogen (secondary N) is 3. The second kappa shape index (κ2) is 6.49. The van der Waals surface area contributed by atoms with Crippen LogP contribution in [-0.2, 0) is 11.2 Å². The summed E-state index contributed by atoms with van der Waals surface area (Å²) in [4.78, 5) is 33.8. The summed E-state index contributed by atoms with van der Waals surface area (Å²) in [6.07, 6.45) is 3.77. The number of nitrogens with two attached hydrogens (primary N) is 1. The fourth-order valence-electron chi connectivity index (χ4n) is 2.76. The van der Waals surface area contributed by atoms with Gasteiger partial charge in [0.1, 0.15) is 5.69 Å². The number of para-hydroxylation sites is 1.